The molecule has 0 amide bonds. The second kappa shape index (κ2) is 5.59. The quantitative estimate of drug-likeness (QED) is 0.519. The van der Waals surface area contributed by atoms with Crippen molar-refractivity contribution < 1.29 is 44.6 Å². The van der Waals surface area contributed by atoms with Gasteiger partial charge in [-0.25, -0.2) is 0 Å². The van der Waals surface area contributed by atoms with Crippen LogP contribution in [0.25, 0.3) is 0 Å². The topological polar surface area (TPSA) is 18.5 Å². The molecule has 0 N–H and O–H groups in total. The smallest absolute Gasteiger partial charge is 0.318 e. The average molecular weight is 326 g/mol. The van der Waals surface area contributed by atoms with Gasteiger partial charge in [-0.2, -0.15) is 35.1 Å². The number of alkyl halides is 8. The fraction of sp³-hybridized carbons (Fsp3) is 1.00. The molecule has 0 saturated heterocycles. The molecule has 0 aromatic heterocycles. The van der Waals surface area contributed by atoms with E-state index in [2.05, 4.69) is 9.47 Å². The summed E-state index contributed by atoms with van der Waals surface area (Å²) in [4.78, 5) is 0. The molecule has 0 rings (SSSR count). The van der Waals surface area contributed by atoms with Gasteiger partial charge in [0.05, 0.1) is 0 Å². The predicted molar refractivity (Wildman–Crippen MR) is 49.0 cm³/mol. The highest BCUT2D eigenvalue weighted by Gasteiger charge is 2.64. The number of hydrogen-bond donors (Lipinski definition) is 0. The highest BCUT2D eigenvalue weighted by molar-refractivity contribution is 8.77. The molecule has 0 atom stereocenters. The lowest BCUT2D eigenvalue weighted by Gasteiger charge is -2.27. The van der Waals surface area contributed by atoms with E-state index in [0.29, 0.717) is 0 Å². The Morgan fingerprint density at radius 3 is 1.00 bits per heavy atom. The van der Waals surface area contributed by atoms with Crippen molar-refractivity contribution in [2.45, 2.75) is 22.7 Å². The van der Waals surface area contributed by atoms with Gasteiger partial charge >= 0.3 is 22.7 Å². The fourth-order valence-corrected chi connectivity index (χ4v) is 2.22. The number of ether oxygens (including phenoxy) is 2. The van der Waals surface area contributed by atoms with Crippen LogP contribution in [0.2, 0.25) is 0 Å². The van der Waals surface area contributed by atoms with Gasteiger partial charge in [0.15, 0.2) is 0 Å². The maximum Gasteiger partial charge on any atom is 0.430 e. The molecule has 110 valence electrons. The number of halogens is 8. The summed E-state index contributed by atoms with van der Waals surface area (Å²) in [5.41, 5.74) is 0. The third-order valence-corrected chi connectivity index (χ3v) is 3.92. The van der Waals surface area contributed by atoms with Gasteiger partial charge in [0.2, 0.25) is 0 Å². The molecule has 0 unspecified atom stereocenters. The van der Waals surface area contributed by atoms with Gasteiger partial charge < -0.3 is 9.47 Å². The van der Waals surface area contributed by atoms with Crippen LogP contribution in [0.15, 0.2) is 0 Å². The maximum absolute atomic E-state index is 12.7. The standard InChI is InChI=1S/C6H6F8O2S2/c1-15-3(7,8)5(11,12)17-18-6(13,14)4(9,10)16-2/h1-2H3. The van der Waals surface area contributed by atoms with Gasteiger partial charge in [0.1, 0.15) is 0 Å². The Morgan fingerprint density at radius 1 is 0.611 bits per heavy atom. The van der Waals surface area contributed by atoms with Crippen molar-refractivity contribution in [1.82, 2.24) is 0 Å². The average Bonchev–Trinajstić information content (AvgIpc) is 2.26. The SMILES string of the molecule is COC(F)(F)C(F)(F)SSC(F)(F)C(F)(F)OC. The molecule has 2 nitrogen and oxygen atoms in total. The normalized spacial score (nSPS) is 15.0. The van der Waals surface area contributed by atoms with Crippen LogP contribution >= 0.6 is 21.6 Å². The minimum absolute atomic E-state index is 0.209. The van der Waals surface area contributed by atoms with Crippen molar-refractivity contribution in [1.29, 1.82) is 0 Å². The van der Waals surface area contributed by atoms with Crippen molar-refractivity contribution in [2.24, 2.45) is 0 Å². The molecule has 0 radical (unpaired) electrons. The van der Waals surface area contributed by atoms with E-state index >= 15 is 0 Å². The highest BCUT2D eigenvalue weighted by atomic mass is 33.1. The molecular weight excluding hydrogens is 320 g/mol. The van der Waals surface area contributed by atoms with Crippen LogP contribution in [-0.2, 0) is 9.47 Å². The van der Waals surface area contributed by atoms with Crippen LogP contribution in [0.1, 0.15) is 0 Å². The molecule has 0 aliphatic carbocycles. The second-order valence-corrected chi connectivity index (χ2v) is 5.00. The molecule has 0 bridgehead atoms. The van der Waals surface area contributed by atoms with E-state index < -0.39 is 44.3 Å². The van der Waals surface area contributed by atoms with Gasteiger partial charge in [-0.05, 0) is 21.6 Å². The molecule has 0 fully saturated rings. The molecule has 0 aromatic carbocycles. The van der Waals surface area contributed by atoms with E-state index in [-0.39, 0.29) is 14.2 Å². The maximum atomic E-state index is 12.7. The lowest BCUT2D eigenvalue weighted by atomic mass is 10.6. The minimum Gasteiger partial charge on any atom is -0.318 e. The molecule has 0 spiro atoms. The summed E-state index contributed by atoms with van der Waals surface area (Å²) in [5, 5.41) is -10.3. The number of hydrogen-bond acceptors (Lipinski definition) is 4. The van der Waals surface area contributed by atoms with E-state index in [1.54, 1.807) is 0 Å². The summed E-state index contributed by atoms with van der Waals surface area (Å²) in [6, 6.07) is 0. The Morgan fingerprint density at radius 2 is 0.833 bits per heavy atom. The lowest BCUT2D eigenvalue weighted by Crippen LogP contribution is -2.41. The largest absolute Gasteiger partial charge is 0.430 e. The van der Waals surface area contributed by atoms with Gasteiger partial charge in [-0.3, -0.25) is 0 Å². The first-order valence-corrected chi connectivity index (χ1v) is 5.96. The number of rotatable bonds is 7. The Labute approximate surface area is 104 Å². The third-order valence-electron chi connectivity index (χ3n) is 1.44. The molecule has 18 heavy (non-hydrogen) atoms. The fourth-order valence-electron chi connectivity index (χ4n) is 0.439. The van der Waals surface area contributed by atoms with Crippen LogP contribution in [0.3, 0.4) is 0 Å². The van der Waals surface area contributed by atoms with E-state index in [1.807, 2.05) is 0 Å². The van der Waals surface area contributed by atoms with E-state index in [0.717, 1.165) is 0 Å². The van der Waals surface area contributed by atoms with Crippen LogP contribution < -0.4 is 0 Å². The summed E-state index contributed by atoms with van der Waals surface area (Å²) in [7, 11) is -2.47. The first kappa shape index (κ1) is 18.1. The first-order chi connectivity index (χ1) is 7.83. The lowest BCUT2D eigenvalue weighted by molar-refractivity contribution is -0.303. The molecule has 0 aromatic rings. The zero-order chi connectivity index (χ0) is 14.8. The van der Waals surface area contributed by atoms with Crippen molar-refractivity contribution in [2.75, 3.05) is 14.2 Å². The summed E-state index contributed by atoms with van der Waals surface area (Å²) < 4.78 is 107. The molecular formula is C6H6F8O2S2. The van der Waals surface area contributed by atoms with E-state index in [1.165, 1.54) is 0 Å². The van der Waals surface area contributed by atoms with Crippen molar-refractivity contribution in [3.05, 3.63) is 0 Å². The molecule has 0 saturated carbocycles. The van der Waals surface area contributed by atoms with Gasteiger partial charge in [-0.15, -0.1) is 0 Å². The summed E-state index contributed by atoms with van der Waals surface area (Å²) in [5.74, 6) is 0. The molecule has 0 heterocycles. The zero-order valence-corrected chi connectivity index (χ0v) is 10.3. The first-order valence-electron chi connectivity index (χ1n) is 3.81. The summed E-state index contributed by atoms with van der Waals surface area (Å²) in [6.07, 6.45) is -10.2. The Kier molecular flexibility index (Phi) is 5.61. The molecule has 0 aliphatic rings. The van der Waals surface area contributed by atoms with Crippen LogP contribution in [0.4, 0.5) is 35.1 Å². The third kappa shape index (κ3) is 3.78. The van der Waals surface area contributed by atoms with Crippen LogP contribution in [-0.4, -0.2) is 36.9 Å². The summed E-state index contributed by atoms with van der Waals surface area (Å²) >= 11 is 0. The monoisotopic (exact) mass is 326 g/mol. The van der Waals surface area contributed by atoms with Gasteiger partial charge in [0, 0.05) is 14.2 Å². The van der Waals surface area contributed by atoms with Gasteiger partial charge in [-0.1, -0.05) is 0 Å². The van der Waals surface area contributed by atoms with Crippen molar-refractivity contribution >= 4 is 21.6 Å². The Balaban J connectivity index is 4.77. The zero-order valence-electron chi connectivity index (χ0n) is 8.66. The van der Waals surface area contributed by atoms with E-state index in [9.17, 15) is 35.1 Å². The van der Waals surface area contributed by atoms with Crippen LogP contribution in [0, 0.1) is 0 Å². The van der Waals surface area contributed by atoms with E-state index in [4.69, 9.17) is 0 Å². The van der Waals surface area contributed by atoms with Crippen molar-refractivity contribution in [3.8, 4) is 0 Å². The van der Waals surface area contributed by atoms with Gasteiger partial charge in [0.25, 0.3) is 0 Å². The van der Waals surface area contributed by atoms with Crippen LogP contribution in [0.5, 0.6) is 0 Å². The Bertz CT molecular complexity index is 257. The Hall–Kier alpha value is 0.0600. The molecule has 0 aliphatic heterocycles. The van der Waals surface area contributed by atoms with Crippen molar-refractivity contribution in [3.63, 3.8) is 0 Å². The highest BCUT2D eigenvalue weighted by Crippen LogP contribution is 2.57. The predicted octanol–water partition coefficient (Wildman–Crippen LogP) is 4.03. The summed E-state index contributed by atoms with van der Waals surface area (Å²) in [6.45, 7) is 0. The number of methoxy groups -OCH3 is 2. The minimum atomic E-state index is -5.13. The second-order valence-electron chi connectivity index (χ2n) is 2.64. The molecule has 12 heteroatoms.